The fourth-order valence-electron chi connectivity index (χ4n) is 1.60. The highest BCUT2D eigenvalue weighted by atomic mass is 16.1. The molecular weight excluding hydrogens is 202 g/mol. The van der Waals surface area contributed by atoms with Crippen LogP contribution in [0.5, 0.6) is 0 Å². The normalized spacial score (nSPS) is 15.0. The number of carbonyl (C=O) groups is 1. The number of hydrogen-bond acceptors (Lipinski definition) is 2. The van der Waals surface area contributed by atoms with Gasteiger partial charge >= 0.3 is 0 Å². The molecule has 1 heterocycles. The standard InChI is InChI=1S/C12H19N3O/c16-12(15-10-5-6-10)4-2-7-13-9-11-3-1-8-14-11/h1,3,8,10,13-14H,2,4-7,9H2,(H,15,16). The summed E-state index contributed by atoms with van der Waals surface area (Å²) in [6, 6.07) is 4.52. The molecule has 2 rings (SSSR count). The zero-order chi connectivity index (χ0) is 11.2. The van der Waals surface area contributed by atoms with Gasteiger partial charge in [-0.15, -0.1) is 0 Å². The van der Waals surface area contributed by atoms with Gasteiger partial charge in [0.2, 0.25) is 5.91 Å². The predicted octanol–water partition coefficient (Wildman–Crippen LogP) is 1.16. The van der Waals surface area contributed by atoms with Gasteiger partial charge in [-0.05, 0) is 37.9 Å². The molecule has 0 radical (unpaired) electrons. The first-order chi connectivity index (χ1) is 7.84. The number of H-pyrrole nitrogens is 1. The van der Waals surface area contributed by atoms with Gasteiger partial charge in [-0.1, -0.05) is 0 Å². The molecule has 1 aromatic heterocycles. The third kappa shape index (κ3) is 4.06. The number of aromatic amines is 1. The summed E-state index contributed by atoms with van der Waals surface area (Å²) in [6.07, 6.45) is 5.78. The summed E-state index contributed by atoms with van der Waals surface area (Å²) in [7, 11) is 0. The van der Waals surface area contributed by atoms with Gasteiger partial charge < -0.3 is 15.6 Å². The van der Waals surface area contributed by atoms with E-state index in [1.54, 1.807) is 0 Å². The number of rotatable bonds is 7. The van der Waals surface area contributed by atoms with Crippen LogP contribution in [0.2, 0.25) is 0 Å². The van der Waals surface area contributed by atoms with Crippen molar-refractivity contribution < 1.29 is 4.79 Å². The van der Waals surface area contributed by atoms with Crippen LogP contribution in [0, 0.1) is 0 Å². The summed E-state index contributed by atoms with van der Waals surface area (Å²) in [4.78, 5) is 14.5. The Morgan fingerprint density at radius 1 is 1.50 bits per heavy atom. The van der Waals surface area contributed by atoms with E-state index in [0.29, 0.717) is 12.5 Å². The molecule has 1 aliphatic rings. The Labute approximate surface area is 95.8 Å². The molecule has 1 amide bonds. The highest BCUT2D eigenvalue weighted by Crippen LogP contribution is 2.18. The van der Waals surface area contributed by atoms with Gasteiger partial charge in [0.1, 0.15) is 0 Å². The summed E-state index contributed by atoms with van der Waals surface area (Å²) in [5, 5.41) is 6.29. The molecule has 0 spiro atoms. The fraction of sp³-hybridized carbons (Fsp3) is 0.583. The van der Waals surface area contributed by atoms with Crippen molar-refractivity contribution in [2.75, 3.05) is 6.54 Å². The van der Waals surface area contributed by atoms with E-state index >= 15 is 0 Å². The van der Waals surface area contributed by atoms with Crippen molar-refractivity contribution in [2.24, 2.45) is 0 Å². The molecule has 4 nitrogen and oxygen atoms in total. The van der Waals surface area contributed by atoms with Crippen molar-refractivity contribution in [1.29, 1.82) is 0 Å². The largest absolute Gasteiger partial charge is 0.364 e. The lowest BCUT2D eigenvalue weighted by Gasteiger charge is -2.04. The van der Waals surface area contributed by atoms with Crippen LogP contribution in [0.25, 0.3) is 0 Å². The summed E-state index contributed by atoms with van der Waals surface area (Å²) in [5.41, 5.74) is 1.18. The zero-order valence-electron chi connectivity index (χ0n) is 9.46. The van der Waals surface area contributed by atoms with Crippen molar-refractivity contribution in [2.45, 2.75) is 38.3 Å². The third-order valence-corrected chi connectivity index (χ3v) is 2.68. The van der Waals surface area contributed by atoms with Gasteiger partial charge in [-0.3, -0.25) is 4.79 Å². The van der Waals surface area contributed by atoms with Gasteiger partial charge in [-0.25, -0.2) is 0 Å². The SMILES string of the molecule is O=C(CCCNCc1ccc[nH]1)NC1CC1. The van der Waals surface area contributed by atoms with E-state index in [9.17, 15) is 4.79 Å². The van der Waals surface area contributed by atoms with E-state index < -0.39 is 0 Å². The van der Waals surface area contributed by atoms with E-state index in [1.807, 2.05) is 18.3 Å². The molecule has 3 N–H and O–H groups in total. The Kier molecular flexibility index (Phi) is 3.99. The second-order valence-electron chi connectivity index (χ2n) is 4.32. The van der Waals surface area contributed by atoms with Gasteiger partial charge in [0.15, 0.2) is 0 Å². The third-order valence-electron chi connectivity index (χ3n) is 2.68. The second-order valence-corrected chi connectivity index (χ2v) is 4.32. The molecule has 0 aliphatic heterocycles. The molecule has 0 saturated heterocycles. The second kappa shape index (κ2) is 5.70. The monoisotopic (exact) mass is 221 g/mol. The highest BCUT2D eigenvalue weighted by Gasteiger charge is 2.22. The van der Waals surface area contributed by atoms with Crippen molar-refractivity contribution in [3.8, 4) is 0 Å². The van der Waals surface area contributed by atoms with E-state index in [-0.39, 0.29) is 5.91 Å². The van der Waals surface area contributed by atoms with Crippen molar-refractivity contribution in [3.05, 3.63) is 24.0 Å². The van der Waals surface area contributed by atoms with Gasteiger partial charge in [0, 0.05) is 30.9 Å². The van der Waals surface area contributed by atoms with Crippen LogP contribution in [0.1, 0.15) is 31.4 Å². The number of hydrogen-bond donors (Lipinski definition) is 3. The molecule has 88 valence electrons. The zero-order valence-corrected chi connectivity index (χ0v) is 9.46. The first kappa shape index (κ1) is 11.2. The van der Waals surface area contributed by atoms with E-state index in [4.69, 9.17) is 0 Å². The average Bonchev–Trinajstić information content (AvgIpc) is 2.93. The quantitative estimate of drug-likeness (QED) is 0.605. The van der Waals surface area contributed by atoms with Crippen LogP contribution in [0.15, 0.2) is 18.3 Å². The van der Waals surface area contributed by atoms with Crippen LogP contribution in [-0.4, -0.2) is 23.5 Å². The summed E-state index contributed by atoms with van der Waals surface area (Å²) < 4.78 is 0. The van der Waals surface area contributed by atoms with Crippen molar-refractivity contribution in [3.63, 3.8) is 0 Å². The van der Waals surface area contributed by atoms with Crippen molar-refractivity contribution in [1.82, 2.24) is 15.6 Å². The molecule has 0 bridgehead atoms. The maximum atomic E-state index is 11.3. The minimum Gasteiger partial charge on any atom is -0.364 e. The molecule has 1 fully saturated rings. The minimum absolute atomic E-state index is 0.198. The van der Waals surface area contributed by atoms with E-state index in [0.717, 1.165) is 32.4 Å². The summed E-state index contributed by atoms with van der Waals surface area (Å²) >= 11 is 0. The minimum atomic E-state index is 0.198. The molecule has 0 unspecified atom stereocenters. The maximum Gasteiger partial charge on any atom is 0.220 e. The molecule has 1 saturated carbocycles. The molecule has 0 aromatic carbocycles. The molecule has 1 aromatic rings. The Hall–Kier alpha value is -1.29. The smallest absolute Gasteiger partial charge is 0.220 e. The van der Waals surface area contributed by atoms with Crippen molar-refractivity contribution >= 4 is 5.91 Å². The Morgan fingerprint density at radius 2 is 2.38 bits per heavy atom. The van der Waals surface area contributed by atoms with Crippen LogP contribution >= 0.6 is 0 Å². The highest BCUT2D eigenvalue weighted by molar-refractivity contribution is 5.76. The van der Waals surface area contributed by atoms with Gasteiger partial charge in [0.05, 0.1) is 0 Å². The Morgan fingerprint density at radius 3 is 3.06 bits per heavy atom. The fourth-order valence-corrected chi connectivity index (χ4v) is 1.60. The molecule has 4 heteroatoms. The Balaban J connectivity index is 1.46. The molecular formula is C12H19N3O. The number of amides is 1. The van der Waals surface area contributed by atoms with Crippen LogP contribution in [-0.2, 0) is 11.3 Å². The van der Waals surface area contributed by atoms with Gasteiger partial charge in [0.25, 0.3) is 0 Å². The number of aromatic nitrogens is 1. The molecule has 16 heavy (non-hydrogen) atoms. The van der Waals surface area contributed by atoms with Crippen LogP contribution in [0.3, 0.4) is 0 Å². The first-order valence-electron chi connectivity index (χ1n) is 5.97. The lowest BCUT2D eigenvalue weighted by Crippen LogP contribution is -2.26. The lowest BCUT2D eigenvalue weighted by atomic mass is 10.3. The Bertz CT molecular complexity index is 317. The van der Waals surface area contributed by atoms with Crippen LogP contribution < -0.4 is 10.6 Å². The van der Waals surface area contributed by atoms with E-state index in [2.05, 4.69) is 15.6 Å². The average molecular weight is 221 g/mol. The summed E-state index contributed by atoms with van der Waals surface area (Å²) in [5.74, 6) is 0.198. The predicted molar refractivity (Wildman–Crippen MR) is 62.9 cm³/mol. The molecule has 0 atom stereocenters. The maximum absolute atomic E-state index is 11.3. The number of carbonyl (C=O) groups excluding carboxylic acids is 1. The number of nitrogens with one attached hydrogen (secondary N) is 3. The lowest BCUT2D eigenvalue weighted by molar-refractivity contribution is -0.121. The summed E-state index contributed by atoms with van der Waals surface area (Å²) in [6.45, 7) is 1.73. The molecule has 1 aliphatic carbocycles. The van der Waals surface area contributed by atoms with E-state index in [1.165, 1.54) is 5.69 Å². The van der Waals surface area contributed by atoms with Gasteiger partial charge in [-0.2, -0.15) is 0 Å². The topological polar surface area (TPSA) is 56.9 Å². The van der Waals surface area contributed by atoms with Crippen LogP contribution in [0.4, 0.5) is 0 Å². The first-order valence-corrected chi connectivity index (χ1v) is 5.97.